The number of carbonyl (C=O) groups is 4. The van der Waals surface area contributed by atoms with Crippen LogP contribution in [0.1, 0.15) is 41.8 Å². The Balaban J connectivity index is 1.46. The van der Waals surface area contributed by atoms with Crippen LogP contribution in [0.25, 0.3) is 22.0 Å². The van der Waals surface area contributed by atoms with Gasteiger partial charge in [0, 0.05) is 23.6 Å². The number of aromatic nitrogens is 1. The van der Waals surface area contributed by atoms with Gasteiger partial charge in [-0.25, -0.2) is 0 Å². The van der Waals surface area contributed by atoms with Crippen LogP contribution in [0.2, 0.25) is 0 Å². The highest BCUT2D eigenvalue weighted by Gasteiger charge is 2.52. The molecule has 1 N–H and O–H groups in total. The maximum Gasteiger partial charge on any atom is 0.416 e. The predicted octanol–water partition coefficient (Wildman–Crippen LogP) is 7.60. The van der Waals surface area contributed by atoms with Crippen molar-refractivity contribution in [3.05, 3.63) is 126 Å². The Bertz CT molecular complexity index is 1970. The molecule has 0 saturated carbocycles. The van der Waals surface area contributed by atoms with Crippen molar-refractivity contribution in [2.24, 2.45) is 0 Å². The predicted molar refractivity (Wildman–Crippen MR) is 178 cm³/mol. The molecule has 1 heterocycles. The summed E-state index contributed by atoms with van der Waals surface area (Å²) in [5, 5.41) is 3.26. The number of rotatable bonds is 12. The average Bonchev–Trinajstić information content (AvgIpc) is 3.50. The van der Waals surface area contributed by atoms with Crippen molar-refractivity contribution in [3.8, 4) is 11.1 Å². The lowest BCUT2D eigenvalue weighted by Crippen LogP contribution is -2.48. The third kappa shape index (κ3) is 7.25. The van der Waals surface area contributed by atoms with Gasteiger partial charge >= 0.3 is 18.1 Å². The molecule has 4 aromatic carbocycles. The Labute approximate surface area is 280 Å². The molecule has 8 nitrogen and oxygen atoms in total. The number of carbonyl (C=O) groups excluding carboxylic acids is 4. The van der Waals surface area contributed by atoms with Gasteiger partial charge < -0.3 is 19.4 Å². The Hall–Kier alpha value is -5.71. The fourth-order valence-corrected chi connectivity index (χ4v) is 5.78. The summed E-state index contributed by atoms with van der Waals surface area (Å²) in [5.41, 5.74) is -1.17. The summed E-state index contributed by atoms with van der Waals surface area (Å²) >= 11 is 0. The van der Waals surface area contributed by atoms with Gasteiger partial charge in [-0.15, -0.1) is 0 Å². The third-order valence-electron chi connectivity index (χ3n) is 8.06. The van der Waals surface area contributed by atoms with E-state index >= 15 is 0 Å². The normalized spacial score (nSPS) is 11.6. The van der Waals surface area contributed by atoms with E-state index in [2.05, 4.69) is 5.32 Å². The van der Waals surface area contributed by atoms with Crippen LogP contribution in [-0.2, 0) is 42.0 Å². The van der Waals surface area contributed by atoms with Gasteiger partial charge in [0.05, 0.1) is 36.5 Å². The summed E-state index contributed by atoms with van der Waals surface area (Å²) in [7, 11) is 0. The highest BCUT2D eigenvalue weighted by molar-refractivity contribution is 6.12. The lowest BCUT2D eigenvalue weighted by atomic mass is 9.76. The number of ether oxygens (including phenoxy) is 2. The van der Waals surface area contributed by atoms with Crippen molar-refractivity contribution >= 4 is 40.2 Å². The number of hydrogen-bond donors (Lipinski definition) is 1. The number of halogens is 3. The summed E-state index contributed by atoms with van der Waals surface area (Å²) in [6.45, 7) is 2.90. The van der Waals surface area contributed by atoms with Gasteiger partial charge in [0.1, 0.15) is 0 Å². The molecule has 1 amide bonds. The monoisotopic (exact) mass is 670 g/mol. The van der Waals surface area contributed by atoms with Crippen molar-refractivity contribution in [1.29, 1.82) is 0 Å². The van der Waals surface area contributed by atoms with Crippen molar-refractivity contribution in [2.75, 3.05) is 18.5 Å². The van der Waals surface area contributed by atoms with E-state index in [-0.39, 0.29) is 30.9 Å². The number of alkyl halides is 3. The van der Waals surface area contributed by atoms with Crippen LogP contribution >= 0.6 is 0 Å². The van der Waals surface area contributed by atoms with Crippen LogP contribution in [0.3, 0.4) is 0 Å². The molecule has 0 bridgehead atoms. The molecule has 0 atom stereocenters. The number of anilines is 1. The second kappa shape index (κ2) is 14.6. The van der Waals surface area contributed by atoms with Crippen LogP contribution in [-0.4, -0.2) is 41.4 Å². The molecule has 0 aliphatic heterocycles. The molecule has 252 valence electrons. The minimum absolute atomic E-state index is 0.0227. The topological polar surface area (TPSA) is 104 Å². The first-order valence-electron chi connectivity index (χ1n) is 15.6. The molecule has 0 unspecified atom stereocenters. The zero-order valence-corrected chi connectivity index (χ0v) is 26.8. The minimum Gasteiger partial charge on any atom is -0.465 e. The first kappa shape index (κ1) is 34.6. The van der Waals surface area contributed by atoms with Crippen molar-refractivity contribution in [2.45, 2.75) is 38.4 Å². The van der Waals surface area contributed by atoms with E-state index in [0.717, 1.165) is 12.1 Å². The number of benzene rings is 4. The molecule has 49 heavy (non-hydrogen) atoms. The second-order valence-electron chi connectivity index (χ2n) is 11.2. The SMILES string of the molecule is CCOC(=O)C(CC(=O)Cn1ccc2c(NC(=O)c3cc(C(F)(F)F)ccc3-c3ccccc3)cccc21)(C(=O)OCC)c1ccccc1. The van der Waals surface area contributed by atoms with Gasteiger partial charge in [0.15, 0.2) is 11.2 Å². The van der Waals surface area contributed by atoms with Gasteiger partial charge in [0.2, 0.25) is 0 Å². The van der Waals surface area contributed by atoms with E-state index in [9.17, 15) is 32.3 Å². The zero-order valence-electron chi connectivity index (χ0n) is 26.8. The van der Waals surface area contributed by atoms with Crippen LogP contribution in [0.15, 0.2) is 109 Å². The van der Waals surface area contributed by atoms with E-state index in [1.165, 1.54) is 6.07 Å². The van der Waals surface area contributed by atoms with Crippen molar-refractivity contribution < 1.29 is 41.8 Å². The molecule has 0 fully saturated rings. The molecular formula is C38H33F3N2O6. The summed E-state index contributed by atoms with van der Waals surface area (Å²) in [6.07, 6.45) is -3.59. The smallest absolute Gasteiger partial charge is 0.416 e. The second-order valence-corrected chi connectivity index (χ2v) is 11.2. The van der Waals surface area contributed by atoms with Gasteiger partial charge in [-0.1, -0.05) is 72.8 Å². The van der Waals surface area contributed by atoms with Gasteiger partial charge in [-0.2, -0.15) is 13.2 Å². The van der Waals surface area contributed by atoms with E-state index in [4.69, 9.17) is 9.47 Å². The molecule has 0 spiro atoms. The van der Waals surface area contributed by atoms with Crippen LogP contribution in [0, 0.1) is 0 Å². The van der Waals surface area contributed by atoms with Gasteiger partial charge in [-0.05, 0) is 60.9 Å². The van der Waals surface area contributed by atoms with E-state index < -0.39 is 47.2 Å². The van der Waals surface area contributed by atoms with E-state index in [1.54, 1.807) is 110 Å². The molecule has 0 saturated heterocycles. The summed E-state index contributed by atoms with van der Waals surface area (Å²) in [6, 6.07) is 26.4. The number of nitrogens with one attached hydrogen (secondary N) is 1. The molecule has 5 aromatic rings. The Morgan fingerprint density at radius 2 is 1.37 bits per heavy atom. The standard InChI is InChI=1S/C38H33F3N2O6/c1-3-48-35(46)37(36(47)49-4-2,26-14-9-6-10-15-26)23-28(44)24-43-21-20-30-32(16-11-17-33(30)43)42-34(45)31-22-27(38(39,40)41)18-19-29(31)25-12-7-5-8-13-25/h5-22H,3-4,23-24H2,1-2H3,(H,42,45). The largest absolute Gasteiger partial charge is 0.465 e. The van der Waals surface area contributed by atoms with Crippen molar-refractivity contribution in [1.82, 2.24) is 4.57 Å². The summed E-state index contributed by atoms with van der Waals surface area (Å²) in [4.78, 5) is 54.1. The molecule has 1 aromatic heterocycles. The van der Waals surface area contributed by atoms with Crippen LogP contribution in [0.5, 0.6) is 0 Å². The fourth-order valence-electron chi connectivity index (χ4n) is 5.78. The number of Topliss-reactive ketones (excluding diaryl/α,β-unsaturated/α-hetero) is 1. The maximum absolute atomic E-state index is 13.7. The molecule has 0 aliphatic carbocycles. The van der Waals surface area contributed by atoms with E-state index in [1.807, 2.05) is 0 Å². The molecule has 11 heteroatoms. The van der Waals surface area contributed by atoms with E-state index in [0.29, 0.717) is 27.7 Å². The average molecular weight is 671 g/mol. The molecule has 0 radical (unpaired) electrons. The number of fused-ring (bicyclic) bond motifs is 1. The number of ketones is 1. The zero-order chi connectivity index (χ0) is 35.2. The summed E-state index contributed by atoms with van der Waals surface area (Å²) < 4.78 is 53.1. The maximum atomic E-state index is 13.7. The van der Waals surface area contributed by atoms with Crippen molar-refractivity contribution in [3.63, 3.8) is 0 Å². The lowest BCUT2D eigenvalue weighted by molar-refractivity contribution is -0.166. The third-order valence-corrected chi connectivity index (χ3v) is 8.06. The summed E-state index contributed by atoms with van der Waals surface area (Å²) in [5.74, 6) is -3.04. The minimum atomic E-state index is -4.66. The molecular weight excluding hydrogens is 637 g/mol. The highest BCUT2D eigenvalue weighted by Crippen LogP contribution is 2.35. The lowest BCUT2D eigenvalue weighted by Gasteiger charge is -2.29. The first-order valence-corrected chi connectivity index (χ1v) is 15.6. The number of esters is 2. The first-order chi connectivity index (χ1) is 23.5. The Morgan fingerprint density at radius 1 is 0.735 bits per heavy atom. The highest BCUT2D eigenvalue weighted by atomic mass is 19.4. The number of amides is 1. The molecule has 5 rings (SSSR count). The quantitative estimate of drug-likeness (QED) is 0.108. The molecule has 0 aliphatic rings. The Kier molecular flexibility index (Phi) is 10.3. The van der Waals surface area contributed by atoms with Gasteiger partial charge in [-0.3, -0.25) is 19.2 Å². The van der Waals surface area contributed by atoms with Gasteiger partial charge in [0.25, 0.3) is 5.91 Å². The fraction of sp³-hybridized carbons (Fsp3) is 0.211. The van der Waals surface area contributed by atoms with Crippen LogP contribution < -0.4 is 5.32 Å². The number of nitrogens with zero attached hydrogens (tertiary/aromatic N) is 1. The number of hydrogen-bond acceptors (Lipinski definition) is 6. The van der Waals surface area contributed by atoms with Crippen LogP contribution in [0.4, 0.5) is 18.9 Å². The Morgan fingerprint density at radius 3 is 1.98 bits per heavy atom.